The minimum absolute atomic E-state index is 0.588. The van der Waals surface area contributed by atoms with E-state index < -0.39 is 5.41 Å². The van der Waals surface area contributed by atoms with Gasteiger partial charge in [0.2, 0.25) is 0 Å². The summed E-state index contributed by atoms with van der Waals surface area (Å²) in [5.41, 5.74) is 18.0. The van der Waals surface area contributed by atoms with Crippen molar-refractivity contribution in [2.75, 3.05) is 0 Å². The molecule has 11 aromatic carbocycles. The summed E-state index contributed by atoms with van der Waals surface area (Å²) in [7, 11) is 0. The first kappa shape index (κ1) is 39.8. The second kappa shape index (κ2) is 15.8. The van der Waals surface area contributed by atoms with Crippen LogP contribution >= 0.6 is 0 Å². The maximum atomic E-state index is 2.53. The first-order valence-corrected chi connectivity index (χ1v) is 23.8. The van der Waals surface area contributed by atoms with E-state index in [9.17, 15) is 0 Å². The van der Waals surface area contributed by atoms with Gasteiger partial charge in [0, 0.05) is 16.5 Å². The monoisotopic (exact) mass is 865 g/mol. The summed E-state index contributed by atoms with van der Waals surface area (Å²) in [6.45, 7) is 4.44. The van der Waals surface area contributed by atoms with E-state index in [1.54, 1.807) is 0 Å². The number of allylic oxidation sites excluding steroid dienone is 4. The predicted molar refractivity (Wildman–Crippen MR) is 290 cm³/mol. The van der Waals surface area contributed by atoms with Crippen molar-refractivity contribution in [2.45, 2.75) is 19.3 Å². The Kier molecular flexibility index (Phi) is 9.27. The zero-order valence-electron chi connectivity index (χ0n) is 38.1. The Hall–Kier alpha value is -8.52. The molecule has 13 rings (SSSR count). The van der Waals surface area contributed by atoms with Crippen molar-refractivity contribution in [1.29, 1.82) is 0 Å². The first-order chi connectivity index (χ1) is 33.6. The van der Waals surface area contributed by atoms with Crippen LogP contribution in [0, 0.1) is 0 Å². The van der Waals surface area contributed by atoms with E-state index in [0.717, 1.165) is 5.69 Å². The summed E-state index contributed by atoms with van der Waals surface area (Å²) >= 11 is 0. The molecule has 0 N–H and O–H groups in total. The van der Waals surface area contributed by atoms with E-state index in [4.69, 9.17) is 0 Å². The molecule has 1 heterocycles. The summed E-state index contributed by atoms with van der Waals surface area (Å²) in [5, 5.41) is 10.0. The smallest absolute Gasteiger partial charge is 0.0674 e. The highest BCUT2D eigenvalue weighted by molar-refractivity contribution is 6.21. The molecule has 1 aromatic heterocycles. The van der Waals surface area contributed by atoms with Gasteiger partial charge in [0.1, 0.15) is 0 Å². The molecule has 0 fully saturated rings. The zero-order chi connectivity index (χ0) is 45.3. The third-order valence-corrected chi connectivity index (χ3v) is 14.8. The summed E-state index contributed by atoms with van der Waals surface area (Å²) in [6.07, 6.45) is 6.68. The minimum Gasteiger partial charge on any atom is -0.309 e. The third-order valence-electron chi connectivity index (χ3n) is 14.8. The Bertz CT molecular complexity index is 3980. The molecule has 0 aliphatic heterocycles. The molecule has 0 amide bonds. The highest BCUT2D eigenvalue weighted by atomic mass is 15.0. The fourth-order valence-electron chi connectivity index (χ4n) is 11.8. The normalized spacial score (nSPS) is 14.7. The van der Waals surface area contributed by atoms with Crippen molar-refractivity contribution in [2.24, 2.45) is 0 Å². The number of benzene rings is 11. The predicted octanol–water partition coefficient (Wildman–Crippen LogP) is 18.1. The lowest BCUT2D eigenvalue weighted by Gasteiger charge is -2.35. The molecular weight excluding hydrogens is 819 g/mol. The Labute approximate surface area is 397 Å². The Morgan fingerprint density at radius 3 is 1.63 bits per heavy atom. The van der Waals surface area contributed by atoms with Crippen LogP contribution in [0.1, 0.15) is 30.5 Å². The Balaban J connectivity index is 1.06. The Morgan fingerprint density at radius 1 is 0.397 bits per heavy atom. The second-order valence-corrected chi connectivity index (χ2v) is 18.3. The molecule has 68 heavy (non-hydrogen) atoms. The van der Waals surface area contributed by atoms with Gasteiger partial charge in [-0.25, -0.2) is 0 Å². The third kappa shape index (κ3) is 5.95. The zero-order valence-corrected chi connectivity index (χ0v) is 38.1. The van der Waals surface area contributed by atoms with Crippen LogP contribution in [0.25, 0.3) is 104 Å². The van der Waals surface area contributed by atoms with Crippen LogP contribution in [0.3, 0.4) is 0 Å². The molecule has 0 bridgehead atoms. The molecular formula is C67H47N. The summed E-state index contributed by atoms with van der Waals surface area (Å²) in [6, 6.07) is 85.9. The average Bonchev–Trinajstić information content (AvgIpc) is 3.89. The van der Waals surface area contributed by atoms with Gasteiger partial charge in [-0.05, 0) is 150 Å². The molecule has 320 valence electrons. The topological polar surface area (TPSA) is 4.93 Å². The lowest BCUT2D eigenvalue weighted by Crippen LogP contribution is -2.28. The lowest BCUT2D eigenvalue weighted by molar-refractivity contribution is 0.746. The number of hydrogen-bond acceptors (Lipinski definition) is 0. The van der Waals surface area contributed by atoms with E-state index >= 15 is 0 Å². The quantitative estimate of drug-likeness (QED) is 0.111. The van der Waals surface area contributed by atoms with Gasteiger partial charge in [0.05, 0.1) is 16.4 Å². The van der Waals surface area contributed by atoms with Crippen molar-refractivity contribution in [3.05, 3.63) is 271 Å². The van der Waals surface area contributed by atoms with Crippen LogP contribution in [-0.2, 0) is 5.41 Å². The number of nitrogens with zero attached hydrogens (tertiary/aromatic N) is 1. The maximum Gasteiger partial charge on any atom is 0.0674 e. The molecule has 0 spiro atoms. The maximum absolute atomic E-state index is 2.53. The van der Waals surface area contributed by atoms with Crippen LogP contribution in [0.2, 0.25) is 0 Å². The highest BCUT2D eigenvalue weighted by Crippen LogP contribution is 2.58. The highest BCUT2D eigenvalue weighted by Gasteiger charge is 2.46. The lowest BCUT2D eigenvalue weighted by atomic mass is 9.67. The molecule has 1 nitrogen and oxygen atoms in total. The molecule has 1 atom stereocenters. The number of fused-ring (bicyclic) bond motifs is 9. The van der Waals surface area contributed by atoms with Gasteiger partial charge in [-0.3, -0.25) is 0 Å². The second-order valence-electron chi connectivity index (χ2n) is 18.3. The fraction of sp³-hybridized carbons (Fsp3) is 0.0448. The van der Waals surface area contributed by atoms with Gasteiger partial charge in [-0.1, -0.05) is 212 Å². The number of aromatic nitrogens is 1. The molecule has 12 aromatic rings. The van der Waals surface area contributed by atoms with E-state index in [2.05, 4.69) is 267 Å². The van der Waals surface area contributed by atoms with Gasteiger partial charge >= 0.3 is 0 Å². The van der Waals surface area contributed by atoms with Crippen molar-refractivity contribution in [3.63, 3.8) is 0 Å². The summed E-state index contributed by atoms with van der Waals surface area (Å²) < 4.78 is 2.48. The molecule has 0 saturated carbocycles. The van der Waals surface area contributed by atoms with Crippen LogP contribution in [0.5, 0.6) is 0 Å². The number of rotatable bonds is 7. The van der Waals surface area contributed by atoms with E-state index in [0.29, 0.717) is 0 Å². The van der Waals surface area contributed by atoms with Crippen molar-refractivity contribution in [3.8, 4) is 50.2 Å². The fourth-order valence-corrected chi connectivity index (χ4v) is 11.8. The van der Waals surface area contributed by atoms with Gasteiger partial charge in [-0.2, -0.15) is 0 Å². The van der Waals surface area contributed by atoms with Gasteiger partial charge in [-0.15, -0.1) is 0 Å². The molecule has 1 unspecified atom stereocenters. The van der Waals surface area contributed by atoms with E-state index in [1.807, 2.05) is 0 Å². The summed E-state index contributed by atoms with van der Waals surface area (Å²) in [5.74, 6) is 0. The minimum atomic E-state index is -0.588. The molecule has 1 aliphatic rings. The van der Waals surface area contributed by atoms with Gasteiger partial charge < -0.3 is 4.57 Å². The largest absolute Gasteiger partial charge is 0.309 e. The van der Waals surface area contributed by atoms with E-state index in [1.165, 1.54) is 121 Å². The van der Waals surface area contributed by atoms with Crippen molar-refractivity contribution >= 4 is 54.1 Å². The van der Waals surface area contributed by atoms with Crippen LogP contribution < -0.4 is 0 Å². The number of para-hydroxylation sites is 1. The standard InChI is InChI=1S/C67H47N/c1-3-4-19-44(2)67(51-24-9-6-10-25-51)61-42-50(66-58-29-15-13-27-56(58)65(46-21-7-5-8-22-46)57-28-14-16-30-59(57)66)34-37-53(61)54-38-36-52(43-62(54)67)68-63-31-18-17-26-55(63)60-41-49(35-39-64(60)68)48-33-32-45-20-11-12-23-47(45)40-48/h3-43H,1-2H3. The average molecular weight is 866 g/mol. The van der Waals surface area contributed by atoms with Gasteiger partial charge in [0.25, 0.3) is 0 Å². The molecule has 0 saturated heterocycles. The van der Waals surface area contributed by atoms with Crippen LogP contribution in [0.15, 0.2) is 254 Å². The van der Waals surface area contributed by atoms with Crippen LogP contribution in [0.4, 0.5) is 0 Å². The Morgan fingerprint density at radius 2 is 0.926 bits per heavy atom. The molecule has 1 aliphatic carbocycles. The van der Waals surface area contributed by atoms with Crippen molar-refractivity contribution < 1.29 is 0 Å². The SMILES string of the molecule is CC=CC=C(C)C1(c2ccccc2)c2cc(-c3c4ccccc4c(-c4ccccc4)c4ccccc34)ccc2-c2ccc(-n3c4ccccc4c4cc(-c5ccc6ccccc6c5)ccc43)cc21. The van der Waals surface area contributed by atoms with Crippen molar-refractivity contribution in [1.82, 2.24) is 4.57 Å². The molecule has 0 radical (unpaired) electrons. The molecule has 1 heteroatoms. The summed E-state index contributed by atoms with van der Waals surface area (Å²) in [4.78, 5) is 0. The van der Waals surface area contributed by atoms with Crippen LogP contribution in [-0.4, -0.2) is 4.57 Å². The number of hydrogen-bond donors (Lipinski definition) is 0. The van der Waals surface area contributed by atoms with Gasteiger partial charge in [0.15, 0.2) is 0 Å². The first-order valence-electron chi connectivity index (χ1n) is 23.8. The van der Waals surface area contributed by atoms with E-state index in [-0.39, 0.29) is 0 Å².